The molecule has 1 aliphatic heterocycles. The molecule has 1 heterocycles. The lowest BCUT2D eigenvalue weighted by molar-refractivity contribution is 0.00578. The van der Waals surface area contributed by atoms with Gasteiger partial charge in [0.25, 0.3) is 0 Å². The zero-order valence-electron chi connectivity index (χ0n) is 14.9. The van der Waals surface area contributed by atoms with Gasteiger partial charge in [-0.3, -0.25) is 0 Å². The number of methoxy groups -OCH3 is 2. The van der Waals surface area contributed by atoms with E-state index in [-0.39, 0.29) is 24.4 Å². The van der Waals surface area contributed by atoms with Crippen molar-refractivity contribution in [2.45, 2.75) is 45.0 Å². The summed E-state index contributed by atoms with van der Waals surface area (Å²) in [6, 6.07) is 7.76. The van der Waals surface area contributed by atoms with Gasteiger partial charge in [0, 0.05) is 14.2 Å². The lowest BCUT2D eigenvalue weighted by Gasteiger charge is -2.32. The van der Waals surface area contributed by atoms with Crippen molar-refractivity contribution < 1.29 is 23.5 Å². The second-order valence-corrected chi connectivity index (χ2v) is 6.81. The zero-order valence-corrected chi connectivity index (χ0v) is 14.9. The zero-order chi connectivity index (χ0) is 17.1. The van der Waals surface area contributed by atoms with Gasteiger partial charge in [0.05, 0.1) is 24.4 Å². The fourth-order valence-electron chi connectivity index (χ4n) is 2.36. The second-order valence-electron chi connectivity index (χ2n) is 6.81. The first-order valence-electron chi connectivity index (χ1n) is 7.89. The summed E-state index contributed by atoms with van der Waals surface area (Å²) in [6.45, 7) is 9.14. The normalized spacial score (nSPS) is 19.3. The van der Waals surface area contributed by atoms with Crippen LogP contribution in [0.4, 0.5) is 0 Å². The molecule has 0 aromatic heterocycles. The number of benzene rings is 1. The molecule has 0 atom stereocenters. The van der Waals surface area contributed by atoms with Gasteiger partial charge in [-0.1, -0.05) is 12.1 Å². The molecule has 0 unspecified atom stereocenters. The highest BCUT2D eigenvalue weighted by atomic mass is 16.7. The monoisotopic (exact) mass is 322 g/mol. The van der Waals surface area contributed by atoms with E-state index in [2.05, 4.69) is 0 Å². The molecular weight excluding hydrogens is 295 g/mol. The van der Waals surface area contributed by atoms with Gasteiger partial charge >= 0.3 is 7.12 Å². The first-order chi connectivity index (χ1) is 10.8. The Kier molecular flexibility index (Phi) is 5.73. The number of ether oxygens (including phenoxy) is 3. The van der Waals surface area contributed by atoms with Crippen LogP contribution in [0.2, 0.25) is 0 Å². The SMILES string of the molecule is COCC(COC)Oc1ccc(B2OC(C)(C)C(C)(C)O2)cc1. The van der Waals surface area contributed by atoms with Crippen molar-refractivity contribution in [3.63, 3.8) is 0 Å². The molecular formula is C17H27BO5. The van der Waals surface area contributed by atoms with Gasteiger partial charge in [-0.25, -0.2) is 0 Å². The standard InChI is InChI=1S/C17H27BO5/c1-16(2)17(3,4)23-18(22-16)13-7-9-14(10-8-13)21-15(11-19-5)12-20-6/h7-10,15H,11-12H2,1-6H3. The molecule has 0 spiro atoms. The minimum atomic E-state index is -0.359. The number of hydrogen-bond acceptors (Lipinski definition) is 5. The van der Waals surface area contributed by atoms with Gasteiger partial charge in [0.15, 0.2) is 0 Å². The molecule has 1 fully saturated rings. The molecule has 128 valence electrons. The molecule has 6 heteroatoms. The van der Waals surface area contributed by atoms with E-state index in [1.165, 1.54) is 0 Å². The molecule has 0 N–H and O–H groups in total. The first kappa shape index (κ1) is 18.3. The van der Waals surface area contributed by atoms with Crippen LogP contribution in [0, 0.1) is 0 Å². The molecule has 0 amide bonds. The van der Waals surface area contributed by atoms with E-state index < -0.39 is 0 Å². The van der Waals surface area contributed by atoms with E-state index in [4.69, 9.17) is 23.5 Å². The van der Waals surface area contributed by atoms with Gasteiger partial charge in [0.2, 0.25) is 0 Å². The molecule has 1 aliphatic rings. The third-order valence-corrected chi connectivity index (χ3v) is 4.41. The van der Waals surface area contributed by atoms with Crippen LogP contribution in [-0.4, -0.2) is 51.9 Å². The summed E-state index contributed by atoms with van der Waals surface area (Å²) in [6.07, 6.45) is -0.132. The summed E-state index contributed by atoms with van der Waals surface area (Å²) in [7, 11) is 2.93. The summed E-state index contributed by atoms with van der Waals surface area (Å²) in [4.78, 5) is 0. The van der Waals surface area contributed by atoms with Gasteiger partial charge in [-0.15, -0.1) is 0 Å². The molecule has 1 aromatic rings. The Morgan fingerprint density at radius 3 is 1.83 bits per heavy atom. The van der Waals surface area contributed by atoms with Crippen LogP contribution in [0.25, 0.3) is 0 Å². The summed E-state index contributed by atoms with van der Waals surface area (Å²) >= 11 is 0. The molecule has 2 rings (SSSR count). The van der Waals surface area contributed by atoms with Crippen molar-refractivity contribution in [3.8, 4) is 5.75 Å². The van der Waals surface area contributed by atoms with Crippen molar-refractivity contribution in [1.82, 2.24) is 0 Å². The Labute approximate surface area is 139 Å². The van der Waals surface area contributed by atoms with Gasteiger partial charge in [-0.05, 0) is 45.3 Å². The Morgan fingerprint density at radius 2 is 1.39 bits per heavy atom. The van der Waals surface area contributed by atoms with Crippen molar-refractivity contribution in [1.29, 1.82) is 0 Å². The highest BCUT2D eigenvalue weighted by Gasteiger charge is 2.51. The summed E-state index contributed by atoms with van der Waals surface area (Å²) in [5, 5.41) is 0. The van der Waals surface area contributed by atoms with Crippen LogP contribution in [0.3, 0.4) is 0 Å². The predicted octanol–water partition coefficient (Wildman–Crippen LogP) is 2.03. The summed E-state index contributed by atoms with van der Waals surface area (Å²) < 4.78 is 28.2. The molecule has 0 radical (unpaired) electrons. The molecule has 0 bridgehead atoms. The van der Waals surface area contributed by atoms with Crippen molar-refractivity contribution in [3.05, 3.63) is 24.3 Å². The second kappa shape index (κ2) is 7.22. The van der Waals surface area contributed by atoms with Crippen LogP contribution in [0.1, 0.15) is 27.7 Å². The highest BCUT2D eigenvalue weighted by Crippen LogP contribution is 2.36. The minimum Gasteiger partial charge on any atom is -0.486 e. The summed E-state index contributed by atoms with van der Waals surface area (Å²) in [5.74, 6) is 0.768. The van der Waals surface area contributed by atoms with Crippen molar-refractivity contribution in [2.24, 2.45) is 0 Å². The molecule has 5 nitrogen and oxygen atoms in total. The maximum atomic E-state index is 6.05. The summed E-state index contributed by atoms with van der Waals surface area (Å²) in [5.41, 5.74) is 0.301. The van der Waals surface area contributed by atoms with Crippen LogP contribution < -0.4 is 10.2 Å². The third kappa shape index (κ3) is 4.26. The van der Waals surface area contributed by atoms with E-state index in [0.717, 1.165) is 11.2 Å². The molecule has 1 aromatic carbocycles. The van der Waals surface area contributed by atoms with Crippen LogP contribution >= 0.6 is 0 Å². The maximum absolute atomic E-state index is 6.05. The van der Waals surface area contributed by atoms with Crippen LogP contribution in [-0.2, 0) is 18.8 Å². The molecule has 23 heavy (non-hydrogen) atoms. The molecule has 0 saturated carbocycles. The van der Waals surface area contributed by atoms with Gasteiger partial charge in [-0.2, -0.15) is 0 Å². The smallest absolute Gasteiger partial charge is 0.486 e. The van der Waals surface area contributed by atoms with Crippen LogP contribution in [0.5, 0.6) is 5.75 Å². The van der Waals surface area contributed by atoms with Crippen molar-refractivity contribution in [2.75, 3.05) is 27.4 Å². The molecule has 0 aliphatic carbocycles. The van der Waals surface area contributed by atoms with Crippen LogP contribution in [0.15, 0.2) is 24.3 Å². The van der Waals surface area contributed by atoms with E-state index in [1.807, 2.05) is 52.0 Å². The number of hydrogen-bond donors (Lipinski definition) is 0. The van der Waals surface area contributed by atoms with E-state index in [0.29, 0.717) is 13.2 Å². The largest absolute Gasteiger partial charge is 0.494 e. The van der Waals surface area contributed by atoms with E-state index in [9.17, 15) is 0 Å². The lowest BCUT2D eigenvalue weighted by atomic mass is 9.79. The highest BCUT2D eigenvalue weighted by molar-refractivity contribution is 6.62. The Bertz CT molecular complexity index is 478. The fourth-order valence-corrected chi connectivity index (χ4v) is 2.36. The van der Waals surface area contributed by atoms with E-state index in [1.54, 1.807) is 14.2 Å². The quantitative estimate of drug-likeness (QED) is 0.719. The first-order valence-corrected chi connectivity index (χ1v) is 7.89. The average molecular weight is 322 g/mol. The Hall–Kier alpha value is -1.08. The third-order valence-electron chi connectivity index (χ3n) is 4.41. The topological polar surface area (TPSA) is 46.2 Å². The minimum absolute atomic E-state index is 0.132. The molecule has 1 saturated heterocycles. The predicted molar refractivity (Wildman–Crippen MR) is 90.3 cm³/mol. The van der Waals surface area contributed by atoms with Gasteiger partial charge < -0.3 is 23.5 Å². The van der Waals surface area contributed by atoms with E-state index >= 15 is 0 Å². The van der Waals surface area contributed by atoms with Gasteiger partial charge in [0.1, 0.15) is 11.9 Å². The van der Waals surface area contributed by atoms with Crippen molar-refractivity contribution >= 4 is 12.6 Å². The average Bonchev–Trinajstić information content (AvgIpc) is 2.69. The number of rotatable bonds is 7. The fraction of sp³-hybridized carbons (Fsp3) is 0.647. The maximum Gasteiger partial charge on any atom is 0.494 e. The Morgan fingerprint density at radius 1 is 0.913 bits per heavy atom. The Balaban J connectivity index is 2.03. The lowest BCUT2D eigenvalue weighted by Crippen LogP contribution is -2.41.